The van der Waals surface area contributed by atoms with Crippen LogP contribution in [0.4, 0.5) is 0 Å². The minimum atomic E-state index is 0.0275. The van der Waals surface area contributed by atoms with E-state index >= 15 is 0 Å². The number of aromatic nitrogens is 1. The molecule has 31 heavy (non-hydrogen) atoms. The molecule has 0 radical (unpaired) electrons. The van der Waals surface area contributed by atoms with Crippen molar-refractivity contribution in [3.8, 4) is 0 Å². The molecular weight excluding hydrogens is 388 g/mol. The smallest absolute Gasteiger partial charge is 0.185 e. The summed E-state index contributed by atoms with van der Waals surface area (Å²) < 4.78 is 1.96. The molecule has 0 aliphatic carbocycles. The van der Waals surface area contributed by atoms with Gasteiger partial charge in [-0.25, -0.2) is 4.57 Å². The van der Waals surface area contributed by atoms with Crippen LogP contribution in [-0.2, 0) is 23.1 Å². The normalized spacial score (nSPS) is 9.32. The molecule has 1 aromatic rings. The van der Waals surface area contributed by atoms with E-state index in [-0.39, 0.29) is 17.5 Å². The summed E-state index contributed by atoms with van der Waals surface area (Å²) in [4.78, 5) is 25.4. The van der Waals surface area contributed by atoms with Gasteiger partial charge in [0.1, 0.15) is 7.05 Å². The number of Topliss-reactive ketones (excluding diaryl/α,β-unsaturated/α-hetero) is 2. The number of hydrogen-bond donors (Lipinski definition) is 2. The number of nitrogens with two attached hydrogens (primary N) is 2. The lowest BCUT2D eigenvalue weighted by atomic mass is 10.1. The zero-order chi connectivity index (χ0) is 24.2. The summed E-state index contributed by atoms with van der Waals surface area (Å²) in [6.45, 7) is 15.4. The average Bonchev–Trinajstić information content (AvgIpc) is 2.70. The maximum absolute atomic E-state index is 10.9. The largest absolute Gasteiger partial charge is 0.370 e. The third-order valence-electron chi connectivity index (χ3n) is 4.30. The van der Waals surface area contributed by atoms with Gasteiger partial charge >= 0.3 is 0 Å². The van der Waals surface area contributed by atoms with Gasteiger partial charge in [0.15, 0.2) is 29.9 Å². The predicted molar refractivity (Wildman–Crippen MR) is 131 cm³/mol. The Bertz CT molecular complexity index is 716. The summed E-state index contributed by atoms with van der Waals surface area (Å²) in [7, 11) is 1.96. The molecule has 0 saturated carbocycles. The van der Waals surface area contributed by atoms with Crippen LogP contribution in [0.1, 0.15) is 71.8 Å². The number of aliphatic imine (C=N–C) groups is 1. The summed E-state index contributed by atoms with van der Waals surface area (Å²) in [5, 5.41) is 0. The Morgan fingerprint density at radius 3 is 1.97 bits per heavy atom. The number of carbonyl (C=O) groups is 2. The van der Waals surface area contributed by atoms with Gasteiger partial charge < -0.3 is 11.5 Å². The molecule has 0 aliphatic rings. The molecule has 0 bridgehead atoms. The Balaban J connectivity index is 0. The van der Waals surface area contributed by atoms with Crippen molar-refractivity contribution in [1.82, 2.24) is 0 Å². The molecule has 0 fully saturated rings. The van der Waals surface area contributed by atoms with Gasteiger partial charge in [-0.1, -0.05) is 52.7 Å². The fourth-order valence-corrected chi connectivity index (χ4v) is 2.30. The van der Waals surface area contributed by atoms with Crippen LogP contribution < -0.4 is 16.0 Å². The van der Waals surface area contributed by atoms with Crippen LogP contribution >= 0.6 is 0 Å². The molecule has 1 heterocycles. The first-order valence-corrected chi connectivity index (χ1v) is 10.9. The molecule has 1 aromatic heterocycles. The highest BCUT2D eigenvalue weighted by Gasteiger charge is 2.04. The van der Waals surface area contributed by atoms with E-state index < -0.39 is 0 Å². The van der Waals surface area contributed by atoms with Crippen molar-refractivity contribution in [1.29, 1.82) is 0 Å². The molecular formula is C25H43N4O2+. The second kappa shape index (κ2) is 19.2. The minimum Gasteiger partial charge on any atom is -0.370 e. The third-order valence-corrected chi connectivity index (χ3v) is 4.30. The van der Waals surface area contributed by atoms with Gasteiger partial charge in [-0.3, -0.25) is 14.6 Å². The number of unbranched alkanes of at least 4 members (excludes halogenated alkanes) is 3. The van der Waals surface area contributed by atoms with Crippen LogP contribution in [-0.4, -0.2) is 24.1 Å². The van der Waals surface area contributed by atoms with E-state index in [1.54, 1.807) is 6.92 Å². The average molecular weight is 432 g/mol. The van der Waals surface area contributed by atoms with Gasteiger partial charge in [0.25, 0.3) is 0 Å². The molecule has 0 unspecified atom stereocenters. The number of ketones is 2. The van der Waals surface area contributed by atoms with Crippen LogP contribution in [0, 0.1) is 0 Å². The van der Waals surface area contributed by atoms with Crippen LogP contribution in [0.2, 0.25) is 0 Å². The van der Waals surface area contributed by atoms with Crippen molar-refractivity contribution in [2.24, 2.45) is 23.5 Å². The Labute approximate surface area is 189 Å². The second-order valence-corrected chi connectivity index (χ2v) is 7.49. The van der Waals surface area contributed by atoms with Gasteiger partial charge in [-0.15, -0.1) is 0 Å². The molecule has 6 heteroatoms. The van der Waals surface area contributed by atoms with E-state index in [4.69, 9.17) is 11.5 Å². The molecule has 174 valence electrons. The summed E-state index contributed by atoms with van der Waals surface area (Å²) in [5.41, 5.74) is 12.6. The topological polar surface area (TPSA) is 102 Å². The highest BCUT2D eigenvalue weighted by atomic mass is 16.1. The predicted octanol–water partition coefficient (Wildman–Crippen LogP) is 3.97. The number of rotatable bonds is 11. The fraction of sp³-hybridized carbons (Fsp3) is 0.520. The fourth-order valence-electron chi connectivity index (χ4n) is 2.30. The number of aryl methyl sites for hydroxylation is 1. The Hall–Kier alpha value is -2.76. The summed E-state index contributed by atoms with van der Waals surface area (Å²) in [6.07, 6.45) is 11.6. The van der Waals surface area contributed by atoms with Crippen molar-refractivity contribution in [2.45, 2.75) is 72.6 Å². The van der Waals surface area contributed by atoms with Gasteiger partial charge in [0.05, 0.1) is 0 Å². The van der Waals surface area contributed by atoms with Crippen molar-refractivity contribution < 1.29 is 14.2 Å². The van der Waals surface area contributed by atoms with E-state index in [0.717, 1.165) is 12.0 Å². The van der Waals surface area contributed by atoms with Crippen LogP contribution in [0.15, 0.2) is 53.8 Å². The van der Waals surface area contributed by atoms with Gasteiger partial charge in [-0.2, -0.15) is 0 Å². The van der Waals surface area contributed by atoms with Crippen LogP contribution in [0.3, 0.4) is 0 Å². The molecule has 0 saturated heterocycles. The van der Waals surface area contributed by atoms with E-state index in [9.17, 15) is 9.59 Å². The first-order valence-electron chi connectivity index (χ1n) is 10.9. The van der Waals surface area contributed by atoms with E-state index in [2.05, 4.69) is 32.0 Å². The number of carbonyl (C=O) groups excluding carboxylic acids is 2. The highest BCUT2D eigenvalue weighted by molar-refractivity contribution is 5.93. The minimum absolute atomic E-state index is 0.0275. The third kappa shape index (κ3) is 20.3. The standard InChI is InChI=1S/C11H14NO.C8H15N3O.C6H14/c1-9(10(2)13)7-11-5-4-6-12(3)8-11;1-6(7(2)12)4-3-5-11-8(9)10;1-3-5-6-4-2/h4-6,8H,1,7H2,2-3H3;1,3-5H2,2H3,(H4,9,10,11);3-6H2,1-2H3/q+1;;. The number of hydrogen-bond acceptors (Lipinski definition) is 3. The van der Waals surface area contributed by atoms with Crippen LogP contribution in [0.25, 0.3) is 0 Å². The number of allylic oxidation sites excluding steroid dienone is 2. The lowest BCUT2D eigenvalue weighted by Gasteiger charge is -1.99. The lowest BCUT2D eigenvalue weighted by Crippen LogP contribution is -2.27. The highest BCUT2D eigenvalue weighted by Crippen LogP contribution is 2.04. The van der Waals surface area contributed by atoms with Crippen molar-refractivity contribution >= 4 is 17.5 Å². The SMILES string of the molecule is C=C(CCCN=C(N)N)C(C)=O.C=C(Cc1ccc[n+](C)c1)C(C)=O.CCCCCC. The molecule has 0 aliphatic heterocycles. The Morgan fingerprint density at radius 1 is 1.00 bits per heavy atom. The molecule has 0 spiro atoms. The lowest BCUT2D eigenvalue weighted by molar-refractivity contribution is -0.671. The maximum Gasteiger partial charge on any atom is 0.185 e. The molecule has 1 rings (SSSR count). The van der Waals surface area contributed by atoms with Gasteiger partial charge in [0, 0.05) is 24.6 Å². The number of pyridine rings is 1. The summed E-state index contributed by atoms with van der Waals surface area (Å²) in [5.74, 6) is 0.176. The van der Waals surface area contributed by atoms with E-state index in [1.165, 1.54) is 32.6 Å². The molecule has 0 aromatic carbocycles. The van der Waals surface area contributed by atoms with Crippen LogP contribution in [0.5, 0.6) is 0 Å². The summed E-state index contributed by atoms with van der Waals surface area (Å²) in [6, 6.07) is 3.96. The van der Waals surface area contributed by atoms with Crippen molar-refractivity contribution in [3.05, 3.63) is 54.4 Å². The molecule has 0 amide bonds. The number of guanidine groups is 1. The van der Waals surface area contributed by atoms with Crippen molar-refractivity contribution in [2.75, 3.05) is 6.54 Å². The molecule has 4 N–H and O–H groups in total. The molecule has 0 atom stereocenters. The molecule has 6 nitrogen and oxygen atoms in total. The maximum atomic E-state index is 10.9. The van der Waals surface area contributed by atoms with E-state index in [1.807, 2.05) is 36.1 Å². The second-order valence-electron chi connectivity index (χ2n) is 7.49. The Morgan fingerprint density at radius 2 is 1.55 bits per heavy atom. The summed E-state index contributed by atoms with van der Waals surface area (Å²) >= 11 is 0. The van der Waals surface area contributed by atoms with Crippen molar-refractivity contribution in [3.63, 3.8) is 0 Å². The Kier molecular flexibility index (Phi) is 18.9. The van der Waals surface area contributed by atoms with E-state index in [0.29, 0.717) is 30.5 Å². The number of nitrogens with zero attached hydrogens (tertiary/aromatic N) is 2. The first kappa shape index (κ1) is 30.4. The van der Waals surface area contributed by atoms with Gasteiger partial charge in [-0.05, 0) is 43.9 Å². The monoisotopic (exact) mass is 431 g/mol. The van der Waals surface area contributed by atoms with Gasteiger partial charge in [0.2, 0.25) is 0 Å². The first-order chi connectivity index (χ1) is 14.5. The quantitative estimate of drug-likeness (QED) is 0.182. The zero-order valence-electron chi connectivity index (χ0n) is 20.2. The zero-order valence-corrected chi connectivity index (χ0v) is 20.2.